The molecule has 0 amide bonds. The fraction of sp³-hybridized carbons (Fsp3) is 0.312. The number of aromatic nitrogens is 1. The number of benzene rings is 1. The molecule has 1 aromatic heterocycles. The van der Waals surface area contributed by atoms with E-state index in [0.717, 1.165) is 17.1 Å². The Morgan fingerprint density at radius 3 is 2.40 bits per heavy atom. The molecule has 2 nitrogen and oxygen atoms in total. The van der Waals surface area contributed by atoms with Gasteiger partial charge in [0.15, 0.2) is 0 Å². The van der Waals surface area contributed by atoms with E-state index in [1.165, 1.54) is 17.8 Å². The van der Waals surface area contributed by atoms with Crippen LogP contribution in [0.25, 0.3) is 0 Å². The van der Waals surface area contributed by atoms with Gasteiger partial charge in [-0.05, 0) is 36.2 Å². The van der Waals surface area contributed by atoms with Crippen LogP contribution in [0.5, 0.6) is 0 Å². The molecule has 2 rings (SSSR count). The number of hydrogen-bond acceptors (Lipinski definition) is 2. The Kier molecular flexibility index (Phi) is 5.10. The lowest BCUT2D eigenvalue weighted by atomic mass is 10.0. The number of pyridine rings is 1. The van der Waals surface area contributed by atoms with E-state index in [1.54, 1.807) is 6.07 Å². The van der Waals surface area contributed by atoms with Crippen molar-refractivity contribution < 1.29 is 4.39 Å². The van der Waals surface area contributed by atoms with E-state index in [2.05, 4.69) is 24.1 Å². The molecular weight excluding hydrogens is 275 g/mol. The van der Waals surface area contributed by atoms with Crippen molar-refractivity contribution in [1.82, 2.24) is 10.3 Å². The van der Waals surface area contributed by atoms with Gasteiger partial charge < -0.3 is 5.32 Å². The van der Waals surface area contributed by atoms with Gasteiger partial charge >= 0.3 is 0 Å². The Morgan fingerprint density at radius 1 is 1.15 bits per heavy atom. The average molecular weight is 293 g/mol. The minimum absolute atomic E-state index is 0.0526. The zero-order chi connectivity index (χ0) is 14.5. The molecule has 0 saturated carbocycles. The van der Waals surface area contributed by atoms with E-state index in [4.69, 9.17) is 11.6 Å². The van der Waals surface area contributed by atoms with Gasteiger partial charge in [-0.2, -0.15) is 0 Å². The highest BCUT2D eigenvalue weighted by Gasteiger charge is 2.14. The quantitative estimate of drug-likeness (QED) is 0.895. The summed E-state index contributed by atoms with van der Waals surface area (Å²) in [5.41, 5.74) is 2.01. The summed E-state index contributed by atoms with van der Waals surface area (Å²) in [6.07, 6.45) is 2.04. The molecule has 1 N–H and O–H groups in total. The van der Waals surface area contributed by atoms with Gasteiger partial charge in [0, 0.05) is 11.1 Å². The SMILES string of the molecule is CC(C)NC(Cc1ccc(Cl)cc1)c1ccc(F)cn1. The lowest BCUT2D eigenvalue weighted by molar-refractivity contribution is 0.464. The molecule has 0 fully saturated rings. The van der Waals surface area contributed by atoms with Crippen LogP contribution in [0.2, 0.25) is 5.02 Å². The summed E-state index contributed by atoms with van der Waals surface area (Å²) in [6.45, 7) is 4.16. The first-order valence-corrected chi connectivity index (χ1v) is 7.04. The second-order valence-corrected chi connectivity index (χ2v) is 5.54. The molecule has 0 aliphatic carbocycles. The molecule has 2 aromatic rings. The Balaban J connectivity index is 2.18. The summed E-state index contributed by atoms with van der Waals surface area (Å²) in [5.74, 6) is -0.316. The van der Waals surface area contributed by atoms with Crippen LogP contribution in [-0.4, -0.2) is 11.0 Å². The highest BCUT2D eigenvalue weighted by molar-refractivity contribution is 6.30. The van der Waals surface area contributed by atoms with Crippen molar-refractivity contribution in [2.24, 2.45) is 0 Å². The van der Waals surface area contributed by atoms with E-state index < -0.39 is 0 Å². The average Bonchev–Trinajstić information content (AvgIpc) is 2.41. The first-order chi connectivity index (χ1) is 9.54. The molecule has 4 heteroatoms. The summed E-state index contributed by atoms with van der Waals surface area (Å²) < 4.78 is 13.0. The summed E-state index contributed by atoms with van der Waals surface area (Å²) in [4.78, 5) is 4.18. The van der Waals surface area contributed by atoms with Crippen molar-refractivity contribution in [3.8, 4) is 0 Å². The maximum absolute atomic E-state index is 13.0. The lowest BCUT2D eigenvalue weighted by Crippen LogP contribution is -2.30. The molecule has 1 aromatic carbocycles. The molecule has 0 saturated heterocycles. The molecule has 0 spiro atoms. The Hall–Kier alpha value is -1.45. The Bertz CT molecular complexity index is 537. The minimum Gasteiger partial charge on any atom is -0.306 e. The molecule has 106 valence electrons. The molecule has 0 aliphatic rings. The topological polar surface area (TPSA) is 24.9 Å². The third-order valence-corrected chi connectivity index (χ3v) is 3.25. The van der Waals surface area contributed by atoms with Gasteiger partial charge in [-0.15, -0.1) is 0 Å². The van der Waals surface area contributed by atoms with Crippen LogP contribution in [-0.2, 0) is 6.42 Å². The standard InChI is InChI=1S/C16H18ClFN2/c1-11(2)20-16(15-8-7-14(18)10-19-15)9-12-3-5-13(17)6-4-12/h3-8,10-11,16,20H,9H2,1-2H3. The van der Waals surface area contributed by atoms with E-state index in [0.29, 0.717) is 6.04 Å². The van der Waals surface area contributed by atoms with Crippen LogP contribution >= 0.6 is 11.6 Å². The smallest absolute Gasteiger partial charge is 0.141 e. The van der Waals surface area contributed by atoms with Crippen molar-refractivity contribution in [1.29, 1.82) is 0 Å². The molecular formula is C16H18ClFN2. The van der Waals surface area contributed by atoms with Crippen LogP contribution in [0.4, 0.5) is 4.39 Å². The van der Waals surface area contributed by atoms with Gasteiger partial charge in [-0.25, -0.2) is 4.39 Å². The number of halogens is 2. The zero-order valence-electron chi connectivity index (χ0n) is 11.6. The van der Waals surface area contributed by atoms with Gasteiger partial charge in [0.1, 0.15) is 5.82 Å². The maximum atomic E-state index is 13.0. The fourth-order valence-corrected chi connectivity index (χ4v) is 2.23. The molecule has 0 radical (unpaired) electrons. The summed E-state index contributed by atoms with van der Waals surface area (Å²) in [7, 11) is 0. The van der Waals surface area contributed by atoms with Gasteiger partial charge in [-0.3, -0.25) is 4.98 Å². The van der Waals surface area contributed by atoms with Crippen molar-refractivity contribution in [3.63, 3.8) is 0 Å². The van der Waals surface area contributed by atoms with Crippen molar-refractivity contribution in [2.75, 3.05) is 0 Å². The van der Waals surface area contributed by atoms with Crippen LogP contribution in [0.3, 0.4) is 0 Å². The van der Waals surface area contributed by atoms with Crippen molar-refractivity contribution >= 4 is 11.6 Å². The summed E-state index contributed by atoms with van der Waals surface area (Å²) in [6, 6.07) is 11.3. The maximum Gasteiger partial charge on any atom is 0.141 e. The van der Waals surface area contributed by atoms with Crippen molar-refractivity contribution in [3.05, 3.63) is 64.7 Å². The fourth-order valence-electron chi connectivity index (χ4n) is 2.10. The van der Waals surface area contributed by atoms with Gasteiger partial charge in [0.2, 0.25) is 0 Å². The third-order valence-electron chi connectivity index (χ3n) is 2.99. The molecule has 0 aliphatic heterocycles. The second kappa shape index (κ2) is 6.82. The first kappa shape index (κ1) is 14.9. The van der Waals surface area contributed by atoms with E-state index in [9.17, 15) is 4.39 Å². The van der Waals surface area contributed by atoms with Crippen LogP contribution in [0.1, 0.15) is 31.1 Å². The summed E-state index contributed by atoms with van der Waals surface area (Å²) in [5, 5.41) is 4.18. The Labute approximate surface area is 124 Å². The first-order valence-electron chi connectivity index (χ1n) is 6.66. The van der Waals surface area contributed by atoms with Crippen LogP contribution < -0.4 is 5.32 Å². The monoisotopic (exact) mass is 292 g/mol. The number of nitrogens with zero attached hydrogens (tertiary/aromatic N) is 1. The Morgan fingerprint density at radius 2 is 1.85 bits per heavy atom. The predicted molar refractivity (Wildman–Crippen MR) is 80.4 cm³/mol. The van der Waals surface area contributed by atoms with Gasteiger partial charge in [0.05, 0.1) is 17.9 Å². The largest absolute Gasteiger partial charge is 0.306 e. The highest BCUT2D eigenvalue weighted by Crippen LogP contribution is 2.19. The van der Waals surface area contributed by atoms with E-state index in [-0.39, 0.29) is 11.9 Å². The molecule has 1 unspecified atom stereocenters. The second-order valence-electron chi connectivity index (χ2n) is 5.11. The lowest BCUT2D eigenvalue weighted by Gasteiger charge is -2.21. The van der Waals surface area contributed by atoms with Crippen LogP contribution in [0.15, 0.2) is 42.6 Å². The van der Waals surface area contributed by atoms with Gasteiger partial charge in [0.25, 0.3) is 0 Å². The molecule has 1 atom stereocenters. The van der Waals surface area contributed by atoms with Crippen LogP contribution in [0, 0.1) is 5.82 Å². The zero-order valence-corrected chi connectivity index (χ0v) is 12.4. The normalized spacial score (nSPS) is 12.7. The predicted octanol–water partition coefficient (Wildman–Crippen LogP) is 4.16. The number of rotatable bonds is 5. The highest BCUT2D eigenvalue weighted by atomic mass is 35.5. The van der Waals surface area contributed by atoms with E-state index >= 15 is 0 Å². The van der Waals surface area contributed by atoms with Crippen molar-refractivity contribution in [2.45, 2.75) is 32.4 Å². The number of hydrogen-bond donors (Lipinski definition) is 1. The minimum atomic E-state index is -0.316. The third kappa shape index (κ3) is 4.29. The summed E-state index contributed by atoms with van der Waals surface area (Å²) >= 11 is 5.90. The number of nitrogens with one attached hydrogen (secondary N) is 1. The molecule has 20 heavy (non-hydrogen) atoms. The molecule has 1 heterocycles. The van der Waals surface area contributed by atoms with E-state index in [1.807, 2.05) is 24.3 Å². The molecule has 0 bridgehead atoms. The van der Waals surface area contributed by atoms with Gasteiger partial charge in [-0.1, -0.05) is 37.6 Å².